The molecule has 0 aliphatic carbocycles. The number of nitrogens with one attached hydrogen (secondary N) is 1. The highest BCUT2D eigenvalue weighted by Crippen LogP contribution is 2.39. The predicted molar refractivity (Wildman–Crippen MR) is 181 cm³/mol. The molecule has 1 aliphatic rings. The Hall–Kier alpha value is -4.99. The first-order valence-electron chi connectivity index (χ1n) is 14.9. The number of carbonyl (C=O) groups excluding carboxylic acids is 3. The Balaban J connectivity index is 1.37. The molecule has 0 spiro atoms. The van der Waals surface area contributed by atoms with E-state index in [1.165, 1.54) is 12.1 Å². The van der Waals surface area contributed by atoms with Gasteiger partial charge in [0, 0.05) is 5.02 Å². The maximum absolute atomic E-state index is 13.4. The Bertz CT molecular complexity index is 1840. The summed E-state index contributed by atoms with van der Waals surface area (Å²) in [6.45, 7) is 6.78. The fourth-order valence-corrected chi connectivity index (χ4v) is 5.22. The minimum atomic E-state index is -0.878. The van der Waals surface area contributed by atoms with E-state index < -0.39 is 17.8 Å². The van der Waals surface area contributed by atoms with Crippen molar-refractivity contribution in [1.82, 2.24) is 5.32 Å². The number of carbonyl (C=O) groups is 3. The minimum Gasteiger partial charge on any atom is -0.490 e. The highest BCUT2D eigenvalue weighted by Gasteiger charge is 2.37. The quantitative estimate of drug-likeness (QED) is 0.120. The van der Waals surface area contributed by atoms with Crippen LogP contribution in [0.3, 0.4) is 0 Å². The van der Waals surface area contributed by atoms with Gasteiger partial charge in [-0.3, -0.25) is 14.9 Å². The lowest BCUT2D eigenvalue weighted by Gasteiger charge is -2.26. The van der Waals surface area contributed by atoms with E-state index in [-0.39, 0.29) is 28.6 Å². The van der Waals surface area contributed by atoms with Gasteiger partial charge in [0.25, 0.3) is 11.8 Å². The maximum atomic E-state index is 13.4. The summed E-state index contributed by atoms with van der Waals surface area (Å²) in [5.41, 5.74) is 2.95. The smallest absolute Gasteiger partial charge is 0.335 e. The number of aryl methyl sites for hydroxylation is 1. The molecule has 242 valence electrons. The standard InChI is InChI=1S/C36H32Cl2N2O7/c1-4-44-31-17-24(12-14-30(31)46-20-23-9-7-6-8-10-23)21-47-33-29(38)16-25(18-32(33)45-5-2)15-27-34(41)39-36(43)40(35(27)42)26-13-11-22(3)28(37)19-26/h6-19H,4-5,20-21H2,1-3H3,(H,39,41,43)/b27-15+. The second-order valence-electron chi connectivity index (χ2n) is 10.4. The molecule has 11 heteroatoms. The molecule has 4 aromatic rings. The zero-order valence-corrected chi connectivity index (χ0v) is 27.5. The van der Waals surface area contributed by atoms with Gasteiger partial charge in [0.2, 0.25) is 0 Å². The number of benzene rings is 4. The lowest BCUT2D eigenvalue weighted by atomic mass is 10.1. The van der Waals surface area contributed by atoms with Crippen molar-refractivity contribution in [3.05, 3.63) is 117 Å². The number of barbiturate groups is 1. The first kappa shape index (κ1) is 33.4. The number of hydrogen-bond donors (Lipinski definition) is 1. The third kappa shape index (κ3) is 7.88. The molecule has 5 rings (SSSR count). The van der Waals surface area contributed by atoms with Gasteiger partial charge in [-0.15, -0.1) is 0 Å². The van der Waals surface area contributed by atoms with Gasteiger partial charge in [0.05, 0.1) is 23.9 Å². The minimum absolute atomic E-state index is 0.135. The molecular formula is C36H32Cl2N2O7. The predicted octanol–water partition coefficient (Wildman–Crippen LogP) is 7.92. The first-order chi connectivity index (χ1) is 22.7. The summed E-state index contributed by atoms with van der Waals surface area (Å²) in [4.78, 5) is 39.7. The number of urea groups is 1. The fraction of sp³-hybridized carbons (Fsp3) is 0.194. The van der Waals surface area contributed by atoms with Gasteiger partial charge in [-0.25, -0.2) is 9.69 Å². The lowest BCUT2D eigenvalue weighted by molar-refractivity contribution is -0.122. The molecule has 0 aromatic heterocycles. The number of rotatable bonds is 12. The number of imide groups is 2. The summed E-state index contributed by atoms with van der Waals surface area (Å²) in [7, 11) is 0. The van der Waals surface area contributed by atoms with Crippen molar-refractivity contribution >= 4 is 52.8 Å². The van der Waals surface area contributed by atoms with Crippen molar-refractivity contribution in [3.8, 4) is 23.0 Å². The highest BCUT2D eigenvalue weighted by molar-refractivity contribution is 6.39. The van der Waals surface area contributed by atoms with Crippen LogP contribution in [-0.4, -0.2) is 31.1 Å². The Labute approximate surface area is 282 Å². The van der Waals surface area contributed by atoms with E-state index in [0.29, 0.717) is 47.7 Å². The number of anilines is 1. The Morgan fingerprint density at radius 1 is 0.723 bits per heavy atom. The van der Waals surface area contributed by atoms with E-state index in [9.17, 15) is 14.4 Å². The second kappa shape index (κ2) is 15.1. The SMILES string of the molecule is CCOc1cc(COc2c(Cl)cc(/C=C3\C(=O)NC(=O)N(c4ccc(C)c(Cl)c4)C3=O)cc2OCC)ccc1OCc1ccccc1. The Morgan fingerprint density at radius 3 is 2.17 bits per heavy atom. The first-order valence-corrected chi connectivity index (χ1v) is 15.6. The molecule has 9 nitrogen and oxygen atoms in total. The molecule has 47 heavy (non-hydrogen) atoms. The third-order valence-electron chi connectivity index (χ3n) is 7.09. The summed E-state index contributed by atoms with van der Waals surface area (Å²) in [6.07, 6.45) is 1.34. The Morgan fingerprint density at radius 2 is 1.45 bits per heavy atom. The summed E-state index contributed by atoms with van der Waals surface area (Å²) in [6, 6.07) is 22.4. The van der Waals surface area contributed by atoms with Crippen LogP contribution in [0.5, 0.6) is 23.0 Å². The normalized spacial score (nSPS) is 13.9. The molecule has 1 aliphatic heterocycles. The molecule has 4 aromatic carbocycles. The zero-order valence-electron chi connectivity index (χ0n) is 26.0. The maximum Gasteiger partial charge on any atom is 0.335 e. The summed E-state index contributed by atoms with van der Waals surface area (Å²) < 4.78 is 23.8. The van der Waals surface area contributed by atoms with Crippen LogP contribution in [-0.2, 0) is 22.8 Å². The van der Waals surface area contributed by atoms with Crippen LogP contribution in [0.4, 0.5) is 10.5 Å². The van der Waals surface area contributed by atoms with E-state index in [2.05, 4.69) is 5.32 Å². The number of nitrogens with zero attached hydrogens (tertiary/aromatic N) is 1. The number of hydrogen-bond acceptors (Lipinski definition) is 7. The van der Waals surface area contributed by atoms with Crippen molar-refractivity contribution in [1.29, 1.82) is 0 Å². The summed E-state index contributed by atoms with van der Waals surface area (Å²) in [5, 5.41) is 2.77. The molecule has 0 unspecified atom stereocenters. The van der Waals surface area contributed by atoms with Crippen LogP contribution in [0.1, 0.15) is 36.1 Å². The molecule has 1 fully saturated rings. The van der Waals surface area contributed by atoms with Gasteiger partial charge in [-0.2, -0.15) is 0 Å². The molecule has 1 N–H and O–H groups in total. The van der Waals surface area contributed by atoms with Crippen molar-refractivity contribution in [2.75, 3.05) is 18.1 Å². The average Bonchev–Trinajstić information content (AvgIpc) is 3.04. The van der Waals surface area contributed by atoms with Gasteiger partial charge in [0.1, 0.15) is 18.8 Å². The third-order valence-corrected chi connectivity index (χ3v) is 7.77. The molecule has 0 radical (unpaired) electrons. The van der Waals surface area contributed by atoms with Crippen LogP contribution in [0.2, 0.25) is 10.0 Å². The van der Waals surface area contributed by atoms with Gasteiger partial charge in [0.15, 0.2) is 23.0 Å². The van der Waals surface area contributed by atoms with Crippen LogP contribution in [0.25, 0.3) is 6.08 Å². The van der Waals surface area contributed by atoms with Crippen molar-refractivity contribution in [3.63, 3.8) is 0 Å². The van der Waals surface area contributed by atoms with Gasteiger partial charge in [-0.1, -0.05) is 65.7 Å². The van der Waals surface area contributed by atoms with Crippen LogP contribution in [0, 0.1) is 6.92 Å². The van der Waals surface area contributed by atoms with E-state index in [0.717, 1.165) is 21.6 Å². The summed E-state index contributed by atoms with van der Waals surface area (Å²) >= 11 is 12.9. The van der Waals surface area contributed by atoms with E-state index in [1.54, 1.807) is 38.1 Å². The fourth-order valence-electron chi connectivity index (χ4n) is 4.77. The van der Waals surface area contributed by atoms with E-state index in [1.807, 2.05) is 55.5 Å². The topological polar surface area (TPSA) is 103 Å². The van der Waals surface area contributed by atoms with E-state index in [4.69, 9.17) is 42.1 Å². The van der Waals surface area contributed by atoms with Gasteiger partial charge in [-0.05, 0) is 85.5 Å². The highest BCUT2D eigenvalue weighted by atomic mass is 35.5. The molecule has 0 saturated carbocycles. The Kier molecular flexibility index (Phi) is 10.7. The molecule has 0 bridgehead atoms. The van der Waals surface area contributed by atoms with Crippen LogP contribution >= 0.6 is 23.2 Å². The molecule has 1 heterocycles. The number of halogens is 2. The average molecular weight is 676 g/mol. The van der Waals surface area contributed by atoms with E-state index >= 15 is 0 Å². The van der Waals surface area contributed by atoms with Crippen molar-refractivity contribution < 1.29 is 33.3 Å². The van der Waals surface area contributed by atoms with Crippen LogP contribution in [0.15, 0.2) is 84.4 Å². The number of ether oxygens (including phenoxy) is 4. The molecule has 0 atom stereocenters. The molecular weight excluding hydrogens is 643 g/mol. The zero-order chi connectivity index (χ0) is 33.5. The largest absolute Gasteiger partial charge is 0.490 e. The van der Waals surface area contributed by atoms with Gasteiger partial charge < -0.3 is 18.9 Å². The monoisotopic (exact) mass is 674 g/mol. The molecule has 1 saturated heterocycles. The van der Waals surface area contributed by atoms with Gasteiger partial charge >= 0.3 is 6.03 Å². The number of amides is 4. The van der Waals surface area contributed by atoms with Crippen molar-refractivity contribution in [2.45, 2.75) is 34.0 Å². The van der Waals surface area contributed by atoms with Crippen molar-refractivity contribution in [2.24, 2.45) is 0 Å². The molecule has 4 amide bonds. The second-order valence-corrected chi connectivity index (χ2v) is 11.2. The lowest BCUT2D eigenvalue weighted by Crippen LogP contribution is -2.54. The van der Waals surface area contributed by atoms with Crippen LogP contribution < -0.4 is 29.2 Å². The summed E-state index contributed by atoms with van der Waals surface area (Å²) in [5.74, 6) is 0.125.